The zero-order chi connectivity index (χ0) is 12.8. The van der Waals surface area contributed by atoms with Crippen LogP contribution in [0.2, 0.25) is 5.02 Å². The fraction of sp³-hybridized carbons (Fsp3) is 0.364. The summed E-state index contributed by atoms with van der Waals surface area (Å²) in [6, 6.07) is 4.16. The molecule has 0 saturated carbocycles. The van der Waals surface area contributed by atoms with E-state index in [2.05, 4.69) is 5.32 Å². The fourth-order valence-corrected chi connectivity index (χ4v) is 1.42. The Balaban J connectivity index is 2.66. The van der Waals surface area contributed by atoms with E-state index < -0.39 is 12.2 Å². The van der Waals surface area contributed by atoms with Crippen LogP contribution in [0.4, 0.5) is 0 Å². The van der Waals surface area contributed by atoms with E-state index in [-0.39, 0.29) is 22.9 Å². The molecule has 1 amide bonds. The highest BCUT2D eigenvalue weighted by Crippen LogP contribution is 2.20. The van der Waals surface area contributed by atoms with Gasteiger partial charge in [-0.3, -0.25) is 4.79 Å². The van der Waals surface area contributed by atoms with Gasteiger partial charge in [0, 0.05) is 14.2 Å². The van der Waals surface area contributed by atoms with Crippen molar-refractivity contribution in [2.24, 2.45) is 0 Å². The minimum atomic E-state index is -0.518. The zero-order valence-corrected chi connectivity index (χ0v) is 10.3. The van der Waals surface area contributed by atoms with Crippen molar-refractivity contribution < 1.29 is 19.4 Å². The summed E-state index contributed by atoms with van der Waals surface area (Å²) < 4.78 is 9.84. The maximum Gasteiger partial charge on any atom is 0.253 e. The van der Waals surface area contributed by atoms with Crippen molar-refractivity contribution in [3.63, 3.8) is 0 Å². The third-order valence-electron chi connectivity index (χ3n) is 2.15. The fourth-order valence-electron chi connectivity index (χ4n) is 1.22. The van der Waals surface area contributed by atoms with E-state index in [9.17, 15) is 9.90 Å². The molecule has 1 aromatic carbocycles. The standard InChI is InChI=1S/C11H14ClNO4/c1-16-10(17-2)6-13-11(15)8-5-7(14)3-4-9(8)12/h3-5,10,14H,6H2,1-2H3,(H,13,15). The lowest BCUT2D eigenvalue weighted by Gasteiger charge is -2.14. The molecule has 0 aliphatic rings. The van der Waals surface area contributed by atoms with Crippen molar-refractivity contribution in [3.8, 4) is 5.75 Å². The molecule has 17 heavy (non-hydrogen) atoms. The van der Waals surface area contributed by atoms with E-state index in [1.54, 1.807) is 0 Å². The molecule has 0 atom stereocenters. The van der Waals surface area contributed by atoms with Gasteiger partial charge in [-0.1, -0.05) is 11.6 Å². The number of carbonyl (C=O) groups is 1. The zero-order valence-electron chi connectivity index (χ0n) is 9.57. The van der Waals surface area contributed by atoms with E-state index in [0.29, 0.717) is 0 Å². The van der Waals surface area contributed by atoms with E-state index in [0.717, 1.165) is 0 Å². The van der Waals surface area contributed by atoms with Crippen LogP contribution in [0, 0.1) is 0 Å². The Hall–Kier alpha value is -1.30. The van der Waals surface area contributed by atoms with Crippen molar-refractivity contribution in [3.05, 3.63) is 28.8 Å². The van der Waals surface area contributed by atoms with E-state index >= 15 is 0 Å². The first-order valence-corrected chi connectivity index (χ1v) is 5.28. The van der Waals surface area contributed by atoms with Crippen LogP contribution >= 0.6 is 11.6 Å². The van der Waals surface area contributed by atoms with Gasteiger partial charge >= 0.3 is 0 Å². The summed E-state index contributed by atoms with van der Waals surface area (Å²) >= 11 is 5.84. The van der Waals surface area contributed by atoms with Crippen LogP contribution in [-0.2, 0) is 9.47 Å². The van der Waals surface area contributed by atoms with Gasteiger partial charge in [0.25, 0.3) is 5.91 Å². The molecule has 2 N–H and O–H groups in total. The van der Waals surface area contributed by atoms with Gasteiger partial charge in [0.15, 0.2) is 6.29 Å². The lowest BCUT2D eigenvalue weighted by Crippen LogP contribution is -2.34. The second-order valence-electron chi connectivity index (χ2n) is 3.28. The number of phenolic OH excluding ortho intramolecular Hbond substituents is 1. The van der Waals surface area contributed by atoms with Gasteiger partial charge in [-0.15, -0.1) is 0 Å². The van der Waals surface area contributed by atoms with Crippen molar-refractivity contribution in [2.45, 2.75) is 6.29 Å². The number of benzene rings is 1. The van der Waals surface area contributed by atoms with Crippen LogP contribution < -0.4 is 5.32 Å². The lowest BCUT2D eigenvalue weighted by molar-refractivity contribution is -0.0974. The molecular formula is C11H14ClNO4. The normalized spacial score (nSPS) is 10.6. The lowest BCUT2D eigenvalue weighted by atomic mass is 10.2. The highest BCUT2D eigenvalue weighted by atomic mass is 35.5. The monoisotopic (exact) mass is 259 g/mol. The maximum absolute atomic E-state index is 11.7. The highest BCUT2D eigenvalue weighted by molar-refractivity contribution is 6.33. The number of ether oxygens (including phenoxy) is 2. The summed E-state index contributed by atoms with van der Waals surface area (Å²) in [5.74, 6) is -0.417. The molecule has 1 rings (SSSR count). The number of nitrogens with one attached hydrogen (secondary N) is 1. The molecule has 0 radical (unpaired) electrons. The van der Waals surface area contributed by atoms with Gasteiger partial charge in [0.05, 0.1) is 17.1 Å². The quantitative estimate of drug-likeness (QED) is 0.785. The van der Waals surface area contributed by atoms with Gasteiger partial charge in [-0.25, -0.2) is 0 Å². The predicted octanol–water partition coefficient (Wildman–Crippen LogP) is 1.39. The molecule has 0 aliphatic carbocycles. The molecule has 0 fully saturated rings. The van der Waals surface area contributed by atoms with Crippen molar-refractivity contribution >= 4 is 17.5 Å². The number of phenols is 1. The van der Waals surface area contributed by atoms with Gasteiger partial charge in [0.2, 0.25) is 0 Å². The average molecular weight is 260 g/mol. The topological polar surface area (TPSA) is 67.8 Å². The molecular weight excluding hydrogens is 246 g/mol. The van der Waals surface area contributed by atoms with Crippen molar-refractivity contribution in [1.82, 2.24) is 5.32 Å². The number of methoxy groups -OCH3 is 2. The van der Waals surface area contributed by atoms with Crippen LogP contribution in [0.15, 0.2) is 18.2 Å². The molecule has 5 nitrogen and oxygen atoms in total. The SMILES string of the molecule is COC(CNC(=O)c1cc(O)ccc1Cl)OC. The molecule has 0 aromatic heterocycles. The minimum Gasteiger partial charge on any atom is -0.508 e. The molecule has 1 aromatic rings. The Labute approximate surface area is 104 Å². The Morgan fingerprint density at radius 3 is 2.71 bits per heavy atom. The summed E-state index contributed by atoms with van der Waals surface area (Å²) in [5, 5.41) is 12.1. The Kier molecular flexibility index (Phi) is 5.21. The van der Waals surface area contributed by atoms with Gasteiger partial charge in [-0.2, -0.15) is 0 Å². The molecule has 6 heteroatoms. The van der Waals surface area contributed by atoms with Gasteiger partial charge in [0.1, 0.15) is 5.75 Å². The molecule has 0 aliphatic heterocycles. The number of amides is 1. The largest absolute Gasteiger partial charge is 0.508 e. The number of aromatic hydroxyl groups is 1. The van der Waals surface area contributed by atoms with E-state index in [1.165, 1.54) is 32.4 Å². The summed E-state index contributed by atoms with van der Waals surface area (Å²) in [7, 11) is 2.95. The Morgan fingerprint density at radius 2 is 2.12 bits per heavy atom. The predicted molar refractivity (Wildman–Crippen MR) is 63.3 cm³/mol. The van der Waals surface area contributed by atoms with Crippen molar-refractivity contribution in [2.75, 3.05) is 20.8 Å². The summed E-state index contributed by atoms with van der Waals surface area (Å²) in [6.07, 6.45) is -0.518. The first-order valence-electron chi connectivity index (χ1n) is 4.90. The molecule has 0 heterocycles. The third-order valence-corrected chi connectivity index (χ3v) is 2.48. The second kappa shape index (κ2) is 6.44. The first-order chi connectivity index (χ1) is 8.08. The third kappa shape index (κ3) is 3.89. The molecule has 0 saturated heterocycles. The van der Waals surface area contributed by atoms with E-state index in [1.807, 2.05) is 0 Å². The Morgan fingerprint density at radius 1 is 1.47 bits per heavy atom. The summed E-state index contributed by atoms with van der Waals surface area (Å²) in [6.45, 7) is 0.192. The maximum atomic E-state index is 11.7. The smallest absolute Gasteiger partial charge is 0.253 e. The van der Waals surface area contributed by atoms with Crippen LogP contribution in [-0.4, -0.2) is 38.1 Å². The molecule has 0 bridgehead atoms. The number of hydrogen-bond donors (Lipinski definition) is 2. The van der Waals surface area contributed by atoms with Crippen LogP contribution in [0.1, 0.15) is 10.4 Å². The average Bonchev–Trinajstić information content (AvgIpc) is 2.33. The van der Waals surface area contributed by atoms with Gasteiger partial charge < -0.3 is 19.9 Å². The molecule has 0 unspecified atom stereocenters. The van der Waals surface area contributed by atoms with Crippen molar-refractivity contribution in [1.29, 1.82) is 0 Å². The molecule has 0 spiro atoms. The second-order valence-corrected chi connectivity index (χ2v) is 3.68. The first kappa shape index (κ1) is 13.8. The number of rotatable bonds is 5. The number of halogens is 1. The van der Waals surface area contributed by atoms with E-state index in [4.69, 9.17) is 21.1 Å². The van der Waals surface area contributed by atoms with Crippen LogP contribution in [0.25, 0.3) is 0 Å². The van der Waals surface area contributed by atoms with Crippen LogP contribution in [0.5, 0.6) is 5.75 Å². The van der Waals surface area contributed by atoms with Crippen LogP contribution in [0.3, 0.4) is 0 Å². The minimum absolute atomic E-state index is 0.0189. The van der Waals surface area contributed by atoms with Gasteiger partial charge in [-0.05, 0) is 18.2 Å². The number of hydrogen-bond acceptors (Lipinski definition) is 4. The Bertz CT molecular complexity index is 393. The summed E-state index contributed by atoms with van der Waals surface area (Å²) in [4.78, 5) is 11.7. The molecule has 94 valence electrons. The number of carbonyl (C=O) groups excluding carboxylic acids is 1. The highest BCUT2D eigenvalue weighted by Gasteiger charge is 2.13. The summed E-state index contributed by atoms with van der Waals surface area (Å²) in [5.41, 5.74) is 0.206.